The molecule has 0 fully saturated rings. The van der Waals surface area contributed by atoms with E-state index in [1.165, 1.54) is 0 Å². The molecule has 0 aliphatic heterocycles. The van der Waals surface area contributed by atoms with Gasteiger partial charge >= 0.3 is 0 Å². The molecule has 0 unspecified atom stereocenters. The van der Waals surface area contributed by atoms with Crippen molar-refractivity contribution in [3.63, 3.8) is 0 Å². The lowest BCUT2D eigenvalue weighted by atomic mass is 10.0. The number of rotatable bonds is 48. The zero-order chi connectivity index (χ0) is 49.6. The van der Waals surface area contributed by atoms with Gasteiger partial charge in [-0.1, -0.05) is 51.4 Å². The second-order valence-electron chi connectivity index (χ2n) is 16.3. The first-order valence-electron chi connectivity index (χ1n) is 25.8. The van der Waals surface area contributed by atoms with Crippen LogP contribution in [0.3, 0.4) is 0 Å². The Morgan fingerprint density at radius 3 is 0.629 bits per heavy atom. The Bertz CT molecular complexity index is 1600. The van der Waals surface area contributed by atoms with Crippen molar-refractivity contribution < 1.29 is 57.6 Å². The number of ether oxygens (including phenoxy) is 4. The summed E-state index contributed by atoms with van der Waals surface area (Å²) < 4.78 is 25.8. The van der Waals surface area contributed by atoms with Crippen LogP contribution in [0.2, 0.25) is 0 Å². The van der Waals surface area contributed by atoms with Crippen LogP contribution in [0.5, 0.6) is 23.0 Å². The van der Waals surface area contributed by atoms with Crippen LogP contribution in [-0.2, 0) is 38.7 Å². The van der Waals surface area contributed by atoms with Gasteiger partial charge in [-0.3, -0.25) is 0 Å². The molecule has 3 aromatic carbocycles. The zero-order valence-electron chi connectivity index (χ0n) is 42.6. The van der Waals surface area contributed by atoms with Crippen molar-refractivity contribution in [2.24, 2.45) is 42.2 Å². The number of benzene rings is 3. The molecule has 0 aliphatic rings. The minimum Gasteiger partial charge on any atom is -0.490 e. The number of unbranched alkanes of at least 4 members (excludes halogenated alkanes) is 16. The summed E-state index contributed by atoms with van der Waals surface area (Å²) in [6.07, 6.45) is 19.9. The molecule has 394 valence electrons. The standard InChI is InChI=1S/C50H82N8O12/c1-5-63-51-55-67-33-25-17-9-13-21-29-59-47-39-43-37-45-41-49(61-31-23-15-11-19-27-35-69-57-53-65-7-3)50(62-32-24-16-12-20-28-36-70-58-54-66-8-4)42-46(45)38-44(43)40-48(47)60-30-22-14-10-18-26-34-68-56-52-64-6-2/h37-42H,5-36H2,1-4H3. The van der Waals surface area contributed by atoms with Gasteiger partial charge in [0, 0.05) is 0 Å². The van der Waals surface area contributed by atoms with Gasteiger partial charge in [0.05, 0.1) is 68.6 Å². The summed E-state index contributed by atoms with van der Waals surface area (Å²) in [6.45, 7) is 13.7. The average Bonchev–Trinajstić information content (AvgIpc) is 3.37. The highest BCUT2D eigenvalue weighted by molar-refractivity contribution is 6.00. The third-order valence-electron chi connectivity index (χ3n) is 10.6. The molecule has 3 aromatic rings. The molecule has 0 saturated carbocycles. The van der Waals surface area contributed by atoms with Crippen LogP contribution in [0.25, 0.3) is 21.5 Å². The molecule has 20 nitrogen and oxygen atoms in total. The minimum atomic E-state index is 0.465. The normalized spacial score (nSPS) is 11.6. The monoisotopic (exact) mass is 987 g/mol. The summed E-state index contributed by atoms with van der Waals surface area (Å²) in [5, 5.41) is 32.3. The van der Waals surface area contributed by atoms with Crippen molar-refractivity contribution in [3.05, 3.63) is 36.4 Å². The van der Waals surface area contributed by atoms with E-state index < -0.39 is 0 Å². The fraction of sp³-hybridized carbons (Fsp3) is 0.720. The third-order valence-corrected chi connectivity index (χ3v) is 10.6. The van der Waals surface area contributed by atoms with E-state index in [9.17, 15) is 0 Å². The molecule has 20 heteroatoms. The Morgan fingerprint density at radius 1 is 0.229 bits per heavy atom. The molecule has 0 atom stereocenters. The lowest BCUT2D eigenvalue weighted by Gasteiger charge is -2.17. The molecular formula is C50H82N8O12. The summed E-state index contributed by atoms with van der Waals surface area (Å²) in [5.74, 6) is 2.98. The Kier molecular flexibility index (Phi) is 35.2. The molecule has 0 bridgehead atoms. The molecule has 3 rings (SSSR count). The van der Waals surface area contributed by atoms with Gasteiger partial charge in [-0.2, -0.15) is 0 Å². The predicted octanol–water partition coefficient (Wildman–Crippen LogP) is 14.7. The van der Waals surface area contributed by atoms with Crippen molar-refractivity contribution in [1.29, 1.82) is 0 Å². The highest BCUT2D eigenvalue weighted by Gasteiger charge is 2.14. The Hall–Kier alpha value is -5.82. The van der Waals surface area contributed by atoms with Gasteiger partial charge in [0.1, 0.15) is 52.9 Å². The van der Waals surface area contributed by atoms with E-state index in [1.54, 1.807) is 0 Å². The zero-order valence-corrected chi connectivity index (χ0v) is 42.6. The number of hydrogen-bond acceptors (Lipinski definition) is 20. The maximum absolute atomic E-state index is 6.46. The van der Waals surface area contributed by atoms with Gasteiger partial charge in [-0.05, 0) is 163 Å². The fourth-order valence-corrected chi connectivity index (χ4v) is 6.98. The third kappa shape index (κ3) is 28.6. The van der Waals surface area contributed by atoms with Crippen molar-refractivity contribution in [2.75, 3.05) is 79.3 Å². The van der Waals surface area contributed by atoms with Crippen molar-refractivity contribution in [3.8, 4) is 23.0 Å². The molecule has 0 amide bonds. The molecule has 0 saturated heterocycles. The van der Waals surface area contributed by atoms with E-state index >= 15 is 0 Å². The number of fused-ring (bicyclic) bond motifs is 2. The Balaban J connectivity index is 1.67. The maximum Gasteiger partial charge on any atom is 0.161 e. The molecule has 0 radical (unpaired) electrons. The average molecular weight is 987 g/mol. The topological polar surface area (TPSA) is 210 Å². The van der Waals surface area contributed by atoms with Crippen LogP contribution in [0.4, 0.5) is 0 Å². The van der Waals surface area contributed by atoms with Crippen LogP contribution in [-0.4, -0.2) is 79.3 Å². The van der Waals surface area contributed by atoms with Crippen molar-refractivity contribution in [1.82, 2.24) is 0 Å². The lowest BCUT2D eigenvalue weighted by Crippen LogP contribution is -2.04. The number of hydrogen-bond donors (Lipinski definition) is 0. The van der Waals surface area contributed by atoms with E-state index in [1.807, 2.05) is 27.7 Å². The van der Waals surface area contributed by atoms with E-state index in [-0.39, 0.29) is 0 Å². The van der Waals surface area contributed by atoms with E-state index in [0.717, 1.165) is 173 Å². The first-order valence-corrected chi connectivity index (χ1v) is 25.8. The predicted molar refractivity (Wildman–Crippen MR) is 266 cm³/mol. The van der Waals surface area contributed by atoms with Crippen molar-refractivity contribution >= 4 is 21.5 Å². The molecule has 0 aliphatic carbocycles. The van der Waals surface area contributed by atoms with Gasteiger partial charge < -0.3 is 57.6 Å². The molecule has 0 aromatic heterocycles. The van der Waals surface area contributed by atoms with Crippen LogP contribution >= 0.6 is 0 Å². The van der Waals surface area contributed by atoms with E-state index in [0.29, 0.717) is 79.3 Å². The fourth-order valence-electron chi connectivity index (χ4n) is 6.98. The maximum atomic E-state index is 6.46. The summed E-state index contributed by atoms with van der Waals surface area (Å²) in [6, 6.07) is 12.8. The van der Waals surface area contributed by atoms with Crippen LogP contribution < -0.4 is 18.9 Å². The van der Waals surface area contributed by atoms with Crippen molar-refractivity contribution in [2.45, 2.75) is 156 Å². The Morgan fingerprint density at radius 2 is 0.414 bits per heavy atom. The van der Waals surface area contributed by atoms with Crippen LogP contribution in [0.1, 0.15) is 156 Å². The molecule has 0 heterocycles. The largest absolute Gasteiger partial charge is 0.490 e. The summed E-state index contributed by atoms with van der Waals surface area (Å²) in [7, 11) is 0. The first kappa shape index (κ1) is 58.5. The molecule has 0 spiro atoms. The molecule has 0 N–H and O–H groups in total. The highest BCUT2D eigenvalue weighted by Crippen LogP contribution is 2.39. The minimum absolute atomic E-state index is 0.465. The molecular weight excluding hydrogens is 905 g/mol. The van der Waals surface area contributed by atoms with E-state index in [4.69, 9.17) is 57.6 Å². The number of nitrogens with zero attached hydrogens (tertiary/aromatic N) is 8. The molecule has 70 heavy (non-hydrogen) atoms. The second kappa shape index (κ2) is 42.1. The smallest absolute Gasteiger partial charge is 0.161 e. The summed E-state index contributed by atoms with van der Waals surface area (Å²) >= 11 is 0. The SMILES string of the molecule is CCON=NOCCCCCCCOc1cc2cc3cc(OCCCCCCCON=NOCC)c(OCCCCCCCON=NOCC)cc3cc2cc1OCCCCCCCON=NOCC. The van der Waals surface area contributed by atoms with Gasteiger partial charge in [-0.25, -0.2) is 0 Å². The quantitative estimate of drug-likeness (QED) is 0.0224. The Labute approximate surface area is 415 Å². The van der Waals surface area contributed by atoms with Gasteiger partial charge in [0.2, 0.25) is 0 Å². The van der Waals surface area contributed by atoms with Crippen LogP contribution in [0, 0.1) is 0 Å². The van der Waals surface area contributed by atoms with Gasteiger partial charge in [-0.15, -0.1) is 0 Å². The van der Waals surface area contributed by atoms with Gasteiger partial charge in [0.25, 0.3) is 0 Å². The second-order valence-corrected chi connectivity index (χ2v) is 16.3. The lowest BCUT2D eigenvalue weighted by molar-refractivity contribution is 0.0442. The highest BCUT2D eigenvalue weighted by atomic mass is 16.7. The summed E-state index contributed by atoms with van der Waals surface area (Å²) in [5.41, 5.74) is 0. The van der Waals surface area contributed by atoms with E-state index in [2.05, 4.69) is 78.6 Å². The summed E-state index contributed by atoms with van der Waals surface area (Å²) in [4.78, 5) is 39.8. The van der Waals surface area contributed by atoms with Crippen LogP contribution in [0.15, 0.2) is 78.6 Å². The first-order chi connectivity index (χ1) is 34.7. The van der Waals surface area contributed by atoms with Gasteiger partial charge in [0.15, 0.2) is 23.0 Å².